The maximum atomic E-state index is 14.5. The summed E-state index contributed by atoms with van der Waals surface area (Å²) in [5.41, 5.74) is 1.79. The SMILES string of the molecule is CCCCCCCCCCCCCCOc1ccc(OCC(=O)Nc2ccccc2CN2C=C(C)SC2)cc1F. The summed E-state index contributed by atoms with van der Waals surface area (Å²) in [5, 5.41) is 2.92. The molecule has 40 heavy (non-hydrogen) atoms. The number of anilines is 1. The summed E-state index contributed by atoms with van der Waals surface area (Å²) in [5.74, 6) is 0.658. The zero-order valence-electron chi connectivity index (χ0n) is 24.4. The minimum absolute atomic E-state index is 0.203. The molecule has 3 rings (SSSR count). The molecule has 0 saturated carbocycles. The smallest absolute Gasteiger partial charge is 0.262 e. The quantitative estimate of drug-likeness (QED) is 0.161. The van der Waals surface area contributed by atoms with Gasteiger partial charge in [-0.05, 0) is 42.0 Å². The minimum atomic E-state index is -0.478. The Hall–Kier alpha value is -2.67. The lowest BCUT2D eigenvalue weighted by Crippen LogP contribution is -2.22. The van der Waals surface area contributed by atoms with Gasteiger partial charge in [0.15, 0.2) is 18.2 Å². The normalized spacial score (nSPS) is 12.9. The number of ether oxygens (including phenoxy) is 2. The first-order valence-corrected chi connectivity index (χ1v) is 16.0. The number of rotatable bonds is 20. The van der Waals surface area contributed by atoms with E-state index in [-0.39, 0.29) is 18.3 Å². The van der Waals surface area contributed by atoms with Gasteiger partial charge in [-0.2, -0.15) is 0 Å². The third-order valence-electron chi connectivity index (χ3n) is 7.02. The second-order valence-corrected chi connectivity index (χ2v) is 11.8. The molecule has 1 N–H and O–H groups in total. The van der Waals surface area contributed by atoms with Crippen LogP contribution >= 0.6 is 11.8 Å². The zero-order chi connectivity index (χ0) is 28.4. The Labute approximate surface area is 244 Å². The van der Waals surface area contributed by atoms with E-state index in [2.05, 4.69) is 30.3 Å². The van der Waals surface area contributed by atoms with Crippen LogP contribution in [0.2, 0.25) is 0 Å². The average Bonchev–Trinajstić information content (AvgIpc) is 3.36. The van der Waals surface area contributed by atoms with Gasteiger partial charge in [0.05, 0.1) is 12.5 Å². The van der Waals surface area contributed by atoms with E-state index in [1.54, 1.807) is 23.9 Å². The van der Waals surface area contributed by atoms with Crippen molar-refractivity contribution in [2.45, 2.75) is 97.4 Å². The Morgan fingerprint density at radius 3 is 2.25 bits per heavy atom. The number of amides is 1. The molecule has 2 aromatic rings. The van der Waals surface area contributed by atoms with Crippen LogP contribution in [0.1, 0.15) is 96.5 Å². The summed E-state index contributed by atoms with van der Waals surface area (Å²) in [6.45, 7) is 5.37. The molecule has 1 aliphatic heterocycles. The lowest BCUT2D eigenvalue weighted by atomic mass is 10.1. The van der Waals surface area contributed by atoms with Crippen molar-refractivity contribution < 1.29 is 18.7 Å². The summed E-state index contributed by atoms with van der Waals surface area (Å²) in [4.78, 5) is 16.0. The van der Waals surface area contributed by atoms with Crippen LogP contribution in [-0.2, 0) is 11.3 Å². The number of halogens is 1. The van der Waals surface area contributed by atoms with Crippen molar-refractivity contribution in [3.63, 3.8) is 0 Å². The van der Waals surface area contributed by atoms with Gasteiger partial charge in [0.1, 0.15) is 5.75 Å². The van der Waals surface area contributed by atoms with Gasteiger partial charge < -0.3 is 19.7 Å². The molecule has 0 atom stereocenters. The Morgan fingerprint density at radius 1 is 0.925 bits per heavy atom. The molecular weight excluding hydrogens is 523 g/mol. The molecule has 0 saturated heterocycles. The molecule has 0 aliphatic carbocycles. The number of hydrogen-bond donors (Lipinski definition) is 1. The third-order valence-corrected chi connectivity index (χ3v) is 8.04. The molecule has 0 fully saturated rings. The van der Waals surface area contributed by atoms with E-state index in [1.165, 1.54) is 75.2 Å². The number of carbonyl (C=O) groups excluding carboxylic acids is 1. The lowest BCUT2D eigenvalue weighted by Gasteiger charge is -2.18. The number of nitrogens with zero attached hydrogens (tertiary/aromatic N) is 1. The van der Waals surface area contributed by atoms with Crippen LogP contribution in [-0.4, -0.2) is 29.9 Å². The van der Waals surface area contributed by atoms with Crippen molar-refractivity contribution in [3.05, 3.63) is 65.0 Å². The maximum absolute atomic E-state index is 14.5. The van der Waals surface area contributed by atoms with Gasteiger partial charge in [-0.25, -0.2) is 4.39 Å². The fourth-order valence-corrected chi connectivity index (χ4v) is 5.51. The fraction of sp³-hybridized carbons (Fsp3) is 0.545. The Bertz CT molecular complexity index is 1060. The topological polar surface area (TPSA) is 50.8 Å². The van der Waals surface area contributed by atoms with Gasteiger partial charge in [0.25, 0.3) is 5.91 Å². The number of thioether (sulfide) groups is 1. The largest absolute Gasteiger partial charge is 0.491 e. The van der Waals surface area contributed by atoms with Crippen LogP contribution < -0.4 is 14.8 Å². The monoisotopic (exact) mass is 570 g/mol. The van der Waals surface area contributed by atoms with Crippen molar-refractivity contribution in [1.29, 1.82) is 0 Å². The maximum Gasteiger partial charge on any atom is 0.262 e. The van der Waals surface area contributed by atoms with E-state index in [4.69, 9.17) is 9.47 Å². The van der Waals surface area contributed by atoms with E-state index < -0.39 is 5.82 Å². The Kier molecular flexibility index (Phi) is 14.8. The number of para-hydroxylation sites is 1. The molecular formula is C33H47FN2O3S. The van der Waals surface area contributed by atoms with E-state index in [0.717, 1.165) is 30.0 Å². The predicted octanol–water partition coefficient (Wildman–Crippen LogP) is 9.29. The van der Waals surface area contributed by atoms with Crippen molar-refractivity contribution in [3.8, 4) is 11.5 Å². The van der Waals surface area contributed by atoms with Gasteiger partial charge in [-0.1, -0.05) is 95.8 Å². The number of unbranched alkanes of at least 4 members (excludes halogenated alkanes) is 11. The third kappa shape index (κ3) is 12.2. The summed E-state index contributed by atoms with van der Waals surface area (Å²) in [6, 6.07) is 12.2. The molecule has 1 heterocycles. The fourth-order valence-electron chi connectivity index (χ4n) is 4.76. The van der Waals surface area contributed by atoms with Crippen molar-refractivity contribution in [1.82, 2.24) is 4.90 Å². The number of hydrogen-bond acceptors (Lipinski definition) is 5. The standard InChI is InChI=1S/C33H47FN2O3S/c1-3-4-5-6-7-8-9-10-11-12-13-16-21-38-32-20-19-29(22-30(32)34)39-25-33(37)35-31-18-15-14-17-28(31)24-36-23-27(2)40-26-36/h14-15,17-20,22-23H,3-13,16,21,24-26H2,1-2H3,(H,35,37). The summed E-state index contributed by atoms with van der Waals surface area (Å²) in [7, 11) is 0. The summed E-state index contributed by atoms with van der Waals surface area (Å²) < 4.78 is 25.7. The van der Waals surface area contributed by atoms with Crippen molar-refractivity contribution >= 4 is 23.4 Å². The molecule has 0 bridgehead atoms. The Morgan fingerprint density at radius 2 is 1.60 bits per heavy atom. The summed E-state index contributed by atoms with van der Waals surface area (Å²) in [6.07, 6.45) is 17.5. The molecule has 2 aromatic carbocycles. The second-order valence-electron chi connectivity index (χ2n) is 10.6. The molecule has 0 aromatic heterocycles. The average molecular weight is 571 g/mol. The van der Waals surface area contributed by atoms with Crippen LogP contribution in [0, 0.1) is 5.82 Å². The van der Waals surface area contributed by atoms with Crippen molar-refractivity contribution in [2.75, 3.05) is 24.4 Å². The lowest BCUT2D eigenvalue weighted by molar-refractivity contribution is -0.118. The van der Waals surface area contributed by atoms with Crippen molar-refractivity contribution in [2.24, 2.45) is 0 Å². The highest BCUT2D eigenvalue weighted by atomic mass is 32.2. The zero-order valence-corrected chi connectivity index (χ0v) is 25.2. The number of nitrogens with one attached hydrogen (secondary N) is 1. The van der Waals surface area contributed by atoms with Crippen LogP contribution in [0.25, 0.3) is 0 Å². The molecule has 7 heteroatoms. The van der Waals surface area contributed by atoms with Gasteiger partial charge in [0, 0.05) is 24.5 Å². The van der Waals surface area contributed by atoms with Crippen LogP contribution in [0.3, 0.4) is 0 Å². The van der Waals surface area contributed by atoms with Crippen LogP contribution in [0.15, 0.2) is 53.6 Å². The first kappa shape index (κ1) is 31.9. The van der Waals surface area contributed by atoms with E-state index in [0.29, 0.717) is 18.9 Å². The highest BCUT2D eigenvalue weighted by molar-refractivity contribution is 8.03. The molecule has 0 radical (unpaired) electrons. The summed E-state index contributed by atoms with van der Waals surface area (Å²) >= 11 is 1.80. The van der Waals surface area contributed by atoms with Crippen LogP contribution in [0.4, 0.5) is 10.1 Å². The molecule has 220 valence electrons. The second kappa shape index (κ2) is 18.6. The van der Waals surface area contributed by atoms with Gasteiger partial charge >= 0.3 is 0 Å². The minimum Gasteiger partial charge on any atom is -0.491 e. The number of benzene rings is 2. The van der Waals surface area contributed by atoms with Crippen LogP contribution in [0.5, 0.6) is 11.5 Å². The van der Waals surface area contributed by atoms with E-state index >= 15 is 0 Å². The molecule has 0 unspecified atom stereocenters. The Balaban J connectivity index is 1.29. The molecule has 1 amide bonds. The number of carbonyl (C=O) groups is 1. The highest BCUT2D eigenvalue weighted by Gasteiger charge is 2.14. The first-order valence-electron chi connectivity index (χ1n) is 15.0. The van der Waals surface area contributed by atoms with Gasteiger partial charge in [-0.3, -0.25) is 4.79 Å². The van der Waals surface area contributed by atoms with E-state index in [9.17, 15) is 9.18 Å². The van der Waals surface area contributed by atoms with Gasteiger partial charge in [0.2, 0.25) is 0 Å². The first-order chi connectivity index (χ1) is 19.5. The molecule has 5 nitrogen and oxygen atoms in total. The van der Waals surface area contributed by atoms with E-state index in [1.807, 2.05) is 24.3 Å². The number of allylic oxidation sites excluding steroid dienone is 1. The van der Waals surface area contributed by atoms with Gasteiger partial charge in [-0.15, -0.1) is 11.8 Å². The molecule has 0 spiro atoms. The predicted molar refractivity (Wildman–Crippen MR) is 165 cm³/mol. The molecule has 1 aliphatic rings. The highest BCUT2D eigenvalue weighted by Crippen LogP contribution is 2.28.